The molecule has 0 heterocycles. The lowest BCUT2D eigenvalue weighted by molar-refractivity contribution is -0.336. The second-order valence-electron chi connectivity index (χ2n) is 3.07. The smallest absolute Gasteiger partial charge is 0.295 e. The van der Waals surface area contributed by atoms with Gasteiger partial charge in [-0.25, -0.2) is 0 Å². The maximum atomic E-state index is 9.43. The van der Waals surface area contributed by atoms with E-state index < -0.39 is 12.1 Å². The summed E-state index contributed by atoms with van der Waals surface area (Å²) in [6.07, 6.45) is -1.18. The van der Waals surface area contributed by atoms with Crippen molar-refractivity contribution in [2.45, 2.75) is 18.5 Å². The van der Waals surface area contributed by atoms with Crippen molar-refractivity contribution in [2.75, 3.05) is 0 Å². The molecule has 1 atom stereocenters. The van der Waals surface area contributed by atoms with Crippen molar-refractivity contribution in [2.24, 2.45) is 0 Å². The van der Waals surface area contributed by atoms with Crippen LogP contribution in [0, 0.1) is 0 Å². The van der Waals surface area contributed by atoms with Gasteiger partial charge in [-0.3, -0.25) is 0 Å². The Morgan fingerprint density at radius 1 is 1.29 bits per heavy atom. The first-order valence-electron chi connectivity index (χ1n) is 4.28. The molecule has 78 valence electrons. The van der Waals surface area contributed by atoms with Crippen molar-refractivity contribution in [3.05, 3.63) is 35.9 Å². The zero-order valence-electron chi connectivity index (χ0n) is 7.92. The highest BCUT2D eigenvalue weighted by atomic mass is 28.2. The van der Waals surface area contributed by atoms with Crippen LogP contribution in [0.3, 0.4) is 0 Å². The molecule has 5 heteroatoms. The highest BCUT2D eigenvalue weighted by Gasteiger charge is 2.32. The van der Waals surface area contributed by atoms with Gasteiger partial charge in [0, 0.05) is 6.42 Å². The second kappa shape index (κ2) is 4.67. The summed E-state index contributed by atoms with van der Waals surface area (Å²) in [4.78, 5) is 0. The van der Waals surface area contributed by atoms with Gasteiger partial charge in [0.2, 0.25) is 0 Å². The van der Waals surface area contributed by atoms with Crippen molar-refractivity contribution < 1.29 is 19.7 Å². The lowest BCUT2D eigenvalue weighted by Crippen LogP contribution is -2.45. The first-order chi connectivity index (χ1) is 6.56. The van der Waals surface area contributed by atoms with E-state index in [0.29, 0.717) is 0 Å². The van der Waals surface area contributed by atoms with Crippen LogP contribution in [-0.4, -0.2) is 37.9 Å². The monoisotopic (exact) mass is 214 g/mol. The van der Waals surface area contributed by atoms with Crippen molar-refractivity contribution >= 4 is 10.5 Å². The highest BCUT2D eigenvalue weighted by molar-refractivity contribution is 5.98. The van der Waals surface area contributed by atoms with Gasteiger partial charge in [-0.2, -0.15) is 0 Å². The molecule has 1 rings (SSSR count). The van der Waals surface area contributed by atoms with E-state index in [2.05, 4.69) is 4.43 Å². The molecule has 0 aliphatic heterocycles. The van der Waals surface area contributed by atoms with Crippen LogP contribution in [0.15, 0.2) is 30.3 Å². The predicted molar refractivity (Wildman–Crippen MR) is 54.3 cm³/mol. The van der Waals surface area contributed by atoms with E-state index in [4.69, 9.17) is 0 Å². The van der Waals surface area contributed by atoms with E-state index in [0.717, 1.165) is 5.56 Å². The summed E-state index contributed by atoms with van der Waals surface area (Å²) in [7, 11) is 0.152. The Morgan fingerprint density at radius 2 is 1.86 bits per heavy atom. The van der Waals surface area contributed by atoms with Crippen LogP contribution >= 0.6 is 0 Å². The fraction of sp³-hybridized carbons (Fsp3) is 0.333. The molecule has 0 bridgehead atoms. The molecule has 4 nitrogen and oxygen atoms in total. The maximum absolute atomic E-state index is 9.43. The SMILES string of the molecule is OC(Cc1ccccc1)C(O)(O)O[SiH3]. The average Bonchev–Trinajstić information content (AvgIpc) is 2.19. The summed E-state index contributed by atoms with van der Waals surface area (Å²) in [5, 5.41) is 27.8. The van der Waals surface area contributed by atoms with Gasteiger partial charge in [-0.1, -0.05) is 30.3 Å². The van der Waals surface area contributed by atoms with Gasteiger partial charge in [0.05, 0.1) is 0 Å². The molecular weight excluding hydrogens is 200 g/mol. The van der Waals surface area contributed by atoms with Gasteiger partial charge in [-0.15, -0.1) is 0 Å². The van der Waals surface area contributed by atoms with Crippen LogP contribution in [-0.2, 0) is 10.8 Å². The molecule has 0 saturated heterocycles. The molecule has 0 saturated carbocycles. The van der Waals surface area contributed by atoms with Gasteiger partial charge >= 0.3 is 0 Å². The molecule has 0 aliphatic carbocycles. The van der Waals surface area contributed by atoms with Crippen molar-refractivity contribution in [3.63, 3.8) is 0 Å². The molecule has 1 aromatic rings. The third-order valence-corrected chi connectivity index (χ3v) is 2.61. The van der Waals surface area contributed by atoms with E-state index in [9.17, 15) is 15.3 Å². The largest absolute Gasteiger partial charge is 0.384 e. The Morgan fingerprint density at radius 3 is 2.36 bits per heavy atom. The van der Waals surface area contributed by atoms with Crippen molar-refractivity contribution in [1.29, 1.82) is 0 Å². The molecule has 0 fully saturated rings. The summed E-state index contributed by atoms with van der Waals surface area (Å²) < 4.78 is 4.47. The molecule has 0 radical (unpaired) electrons. The third kappa shape index (κ3) is 2.90. The van der Waals surface area contributed by atoms with E-state index in [1.165, 1.54) is 0 Å². The molecule has 0 aliphatic rings. The standard InChI is InChI=1S/C9H14O4Si/c10-8(9(11,12)13-14)6-7-4-2-1-3-5-7/h1-5,8,10-12H,6H2,14H3. The highest BCUT2D eigenvalue weighted by Crippen LogP contribution is 2.12. The molecule has 0 spiro atoms. The fourth-order valence-electron chi connectivity index (χ4n) is 1.11. The topological polar surface area (TPSA) is 69.9 Å². The Kier molecular flexibility index (Phi) is 3.79. The van der Waals surface area contributed by atoms with E-state index in [1.807, 2.05) is 18.2 Å². The number of aliphatic hydroxyl groups is 3. The summed E-state index contributed by atoms with van der Waals surface area (Å²) in [6, 6.07) is 9.09. The van der Waals surface area contributed by atoms with Crippen LogP contribution in [0.1, 0.15) is 5.56 Å². The number of hydrogen-bond donors (Lipinski definition) is 3. The van der Waals surface area contributed by atoms with Crippen molar-refractivity contribution in [3.8, 4) is 0 Å². The van der Waals surface area contributed by atoms with Crippen LogP contribution in [0.5, 0.6) is 0 Å². The number of hydrogen-bond acceptors (Lipinski definition) is 4. The fourth-order valence-corrected chi connectivity index (χ4v) is 1.38. The minimum absolute atomic E-state index is 0.149. The summed E-state index contributed by atoms with van der Waals surface area (Å²) in [6.45, 7) is 0. The van der Waals surface area contributed by atoms with Crippen LogP contribution in [0.4, 0.5) is 0 Å². The number of aliphatic hydroxyl groups excluding tert-OH is 1. The molecule has 3 N–H and O–H groups in total. The lowest BCUT2D eigenvalue weighted by Gasteiger charge is -2.25. The minimum atomic E-state index is -2.43. The van der Waals surface area contributed by atoms with Gasteiger partial charge < -0.3 is 19.7 Å². The first-order valence-corrected chi connectivity index (χ1v) is 5.10. The Balaban J connectivity index is 2.62. The summed E-state index contributed by atoms with van der Waals surface area (Å²) in [5.41, 5.74) is 0.825. The van der Waals surface area contributed by atoms with Crippen LogP contribution in [0.2, 0.25) is 0 Å². The van der Waals surface area contributed by atoms with E-state index in [-0.39, 0.29) is 16.9 Å². The van der Waals surface area contributed by atoms with Crippen LogP contribution < -0.4 is 0 Å². The Bertz CT molecular complexity index is 275. The average molecular weight is 214 g/mol. The summed E-state index contributed by atoms with van der Waals surface area (Å²) >= 11 is 0. The molecule has 14 heavy (non-hydrogen) atoms. The quantitative estimate of drug-likeness (QED) is 0.422. The zero-order valence-corrected chi connectivity index (χ0v) is 9.92. The van der Waals surface area contributed by atoms with E-state index >= 15 is 0 Å². The lowest BCUT2D eigenvalue weighted by atomic mass is 10.1. The molecule has 0 aromatic heterocycles. The normalized spacial score (nSPS) is 14.2. The van der Waals surface area contributed by atoms with E-state index in [1.54, 1.807) is 12.1 Å². The van der Waals surface area contributed by atoms with Gasteiger partial charge in [0.25, 0.3) is 5.97 Å². The Labute approximate surface area is 85.3 Å². The van der Waals surface area contributed by atoms with Gasteiger partial charge in [0.1, 0.15) is 6.10 Å². The number of rotatable bonds is 4. The van der Waals surface area contributed by atoms with Gasteiger partial charge in [-0.05, 0) is 5.56 Å². The minimum Gasteiger partial charge on any atom is -0.384 e. The number of benzene rings is 1. The zero-order chi connectivity index (χ0) is 10.6. The Hall–Kier alpha value is -0.723. The molecule has 1 aromatic carbocycles. The molecule has 1 unspecified atom stereocenters. The molecular formula is C9H14O4Si. The summed E-state index contributed by atoms with van der Waals surface area (Å²) in [5.74, 6) is -2.43. The van der Waals surface area contributed by atoms with Crippen molar-refractivity contribution in [1.82, 2.24) is 0 Å². The van der Waals surface area contributed by atoms with Gasteiger partial charge in [0.15, 0.2) is 10.5 Å². The van der Waals surface area contributed by atoms with Crippen LogP contribution in [0.25, 0.3) is 0 Å². The third-order valence-electron chi connectivity index (χ3n) is 2.01. The molecule has 0 amide bonds. The first kappa shape index (κ1) is 11.4. The second-order valence-corrected chi connectivity index (χ2v) is 3.48. The predicted octanol–water partition coefficient (Wildman–Crippen LogP) is -1.47. The maximum Gasteiger partial charge on any atom is 0.295 e.